The Hall–Kier alpha value is -3.50. The Balaban J connectivity index is 1.14. The number of ether oxygens (including phenoxy) is 6. The molecule has 4 saturated carbocycles. The number of allylic oxidation sites excluding steroid dienone is 2. The predicted molar refractivity (Wildman–Crippen MR) is 207 cm³/mol. The van der Waals surface area contributed by atoms with Crippen molar-refractivity contribution in [3.63, 3.8) is 0 Å². The zero-order valence-electron chi connectivity index (χ0n) is 33.6. The highest BCUT2D eigenvalue weighted by atomic mass is 16.9. The molecule has 12 rings (SSSR count). The number of aliphatic hydroxyl groups excluding tert-OH is 2. The molecule has 2 aromatic rings. The molecule has 0 radical (unpaired) electrons. The molecule has 13 nitrogen and oxygen atoms in total. The van der Waals surface area contributed by atoms with Crippen LogP contribution in [-0.2, 0) is 39.2 Å². The average molecular weight is 815 g/mol. The maximum absolute atomic E-state index is 13.7. The Labute approximate surface area is 342 Å². The van der Waals surface area contributed by atoms with Crippen molar-refractivity contribution in [2.75, 3.05) is 6.61 Å². The molecule has 4 aliphatic carbocycles. The maximum atomic E-state index is 13.7. The van der Waals surface area contributed by atoms with Gasteiger partial charge in [0, 0.05) is 35.3 Å². The van der Waals surface area contributed by atoms with E-state index >= 15 is 0 Å². The summed E-state index contributed by atoms with van der Waals surface area (Å²) in [5.74, 6) is -6.79. The molecule has 10 aliphatic rings. The van der Waals surface area contributed by atoms with E-state index < -0.39 is 113 Å². The lowest BCUT2D eigenvalue weighted by molar-refractivity contribution is -0.595. The van der Waals surface area contributed by atoms with Gasteiger partial charge in [-0.15, -0.1) is 0 Å². The van der Waals surface area contributed by atoms with Crippen LogP contribution in [0.5, 0.6) is 0 Å². The number of hydrogen-bond donors (Lipinski definition) is 5. The molecule has 4 saturated heterocycles. The van der Waals surface area contributed by atoms with Gasteiger partial charge in [0.2, 0.25) is 0 Å². The third-order valence-electron chi connectivity index (χ3n) is 16.2. The second-order valence-corrected chi connectivity index (χ2v) is 19.0. The van der Waals surface area contributed by atoms with Crippen molar-refractivity contribution in [3.05, 3.63) is 96.1 Å². The van der Waals surface area contributed by atoms with E-state index in [4.69, 9.17) is 28.4 Å². The molecular weight excluding hydrogens is 760 g/mol. The minimum Gasteiger partial charge on any atom is -0.456 e. The van der Waals surface area contributed by atoms with Crippen LogP contribution in [0, 0.1) is 41.4 Å². The van der Waals surface area contributed by atoms with Crippen LogP contribution in [0.3, 0.4) is 0 Å². The normalized spacial score (nSPS) is 52.8. The lowest BCUT2D eigenvalue weighted by Gasteiger charge is -2.74. The fraction of sp³-hybridized carbons (Fsp3) is 0.609. The molecule has 316 valence electrons. The predicted octanol–water partition coefficient (Wildman–Crippen LogP) is 3.31. The first-order chi connectivity index (χ1) is 28.1. The summed E-state index contributed by atoms with van der Waals surface area (Å²) >= 11 is 0. The summed E-state index contributed by atoms with van der Waals surface area (Å²) < 4.78 is 39.7. The minimum atomic E-state index is -2.22. The van der Waals surface area contributed by atoms with Gasteiger partial charge in [-0.3, -0.25) is 0 Å². The third kappa shape index (κ3) is 5.17. The summed E-state index contributed by atoms with van der Waals surface area (Å²) in [6.45, 7) is 6.66. The Morgan fingerprint density at radius 2 is 1.58 bits per heavy atom. The van der Waals surface area contributed by atoms with Crippen LogP contribution in [0.2, 0.25) is 0 Å². The number of epoxide rings is 1. The maximum Gasteiger partial charge on any atom is 0.338 e. The number of esters is 2. The Kier molecular flexibility index (Phi) is 8.90. The molecule has 11 bridgehead atoms. The van der Waals surface area contributed by atoms with Crippen LogP contribution in [-0.4, -0.2) is 109 Å². The van der Waals surface area contributed by atoms with Crippen molar-refractivity contribution in [2.45, 2.75) is 124 Å². The summed E-state index contributed by atoms with van der Waals surface area (Å²) in [7, 11) is 0. The SMILES string of the molecule is C[C@H]1[C@H]2CC[C@H]1[C@@H](OC(=O)c1ccccc1)/C=C/C=C/C(=O)O[C@H]1[C@H](C)C[C@@H]3C45OC6(c7ccccc7)O[C@H]([C@@H]4[C@H]4O[C@@]4(CO)[C@H](O)[C@@]31O)[C@@](O)([C@@H](O6)[C@@H]5C)[C@@](C)(O)C2. The Morgan fingerprint density at radius 1 is 0.881 bits per heavy atom. The molecule has 1 spiro atoms. The van der Waals surface area contributed by atoms with Crippen molar-refractivity contribution in [1.29, 1.82) is 0 Å². The van der Waals surface area contributed by atoms with Crippen molar-refractivity contribution < 1.29 is 63.5 Å². The molecule has 0 aromatic heterocycles. The molecule has 2 aromatic carbocycles. The lowest BCUT2D eigenvalue weighted by atomic mass is 9.49. The molecule has 0 amide bonds. The molecule has 13 heteroatoms. The van der Waals surface area contributed by atoms with E-state index in [-0.39, 0.29) is 30.6 Å². The minimum absolute atomic E-state index is 0.102. The topological polar surface area (TPSA) is 194 Å². The van der Waals surface area contributed by atoms with Crippen LogP contribution < -0.4 is 0 Å². The molecule has 19 atom stereocenters. The Bertz CT molecular complexity index is 2060. The van der Waals surface area contributed by atoms with Crippen molar-refractivity contribution in [3.8, 4) is 0 Å². The summed E-state index contributed by atoms with van der Waals surface area (Å²) in [4.78, 5) is 27.2. The smallest absolute Gasteiger partial charge is 0.338 e. The highest BCUT2D eigenvalue weighted by Crippen LogP contribution is 2.75. The first-order valence-corrected chi connectivity index (χ1v) is 21.2. The van der Waals surface area contributed by atoms with Gasteiger partial charge in [-0.05, 0) is 68.6 Å². The van der Waals surface area contributed by atoms with Crippen LogP contribution >= 0.6 is 0 Å². The van der Waals surface area contributed by atoms with Gasteiger partial charge in [0.25, 0.3) is 0 Å². The van der Waals surface area contributed by atoms with E-state index in [1.165, 1.54) is 12.2 Å². The van der Waals surface area contributed by atoms with E-state index in [1.807, 2.05) is 38.1 Å². The first kappa shape index (κ1) is 39.6. The lowest BCUT2D eigenvalue weighted by Crippen LogP contribution is -2.89. The van der Waals surface area contributed by atoms with Crippen LogP contribution in [0.15, 0.2) is 85.0 Å². The molecule has 5 N–H and O–H groups in total. The molecule has 59 heavy (non-hydrogen) atoms. The quantitative estimate of drug-likeness (QED) is 0.223. The van der Waals surface area contributed by atoms with E-state index in [0.717, 1.165) is 0 Å². The van der Waals surface area contributed by atoms with Crippen molar-refractivity contribution in [2.24, 2.45) is 41.4 Å². The number of benzene rings is 2. The van der Waals surface area contributed by atoms with Gasteiger partial charge in [-0.25, -0.2) is 9.59 Å². The second kappa shape index (κ2) is 13.3. The summed E-state index contributed by atoms with van der Waals surface area (Å²) in [6, 6.07) is 17.7. The Morgan fingerprint density at radius 3 is 2.29 bits per heavy atom. The summed E-state index contributed by atoms with van der Waals surface area (Å²) in [5, 5.41) is 63.4. The van der Waals surface area contributed by atoms with Gasteiger partial charge < -0.3 is 54.0 Å². The van der Waals surface area contributed by atoms with E-state index in [0.29, 0.717) is 24.0 Å². The molecule has 2 unspecified atom stereocenters. The highest BCUT2D eigenvalue weighted by Gasteiger charge is 2.91. The van der Waals surface area contributed by atoms with E-state index in [1.54, 1.807) is 55.5 Å². The largest absolute Gasteiger partial charge is 0.456 e. The van der Waals surface area contributed by atoms with Crippen molar-refractivity contribution in [1.82, 2.24) is 0 Å². The molecule has 6 aliphatic heterocycles. The standard InChI is InChI=1S/C46H54O13/c1-24-21-32-43(52)35(24)55-33(48)18-12-11-17-31(54-39(49)27-13-7-5-8-14-27)30-20-19-28(25(30)2)22-41(4,51)45(53)36-26(3)44(32)34(37-42(23-47,56-37)40(43)50)38(45)58-46(57-36,59-44)29-15-9-6-10-16-29/h5-18,24-26,28,30-32,34-38,40,47,50-53H,19-23H2,1-4H3/b17-11+,18-12+/t24-,25+,26+,28+,30-,31+,32+,34+,35+,36+,37-,38-,40+,41+,42-,43-,44?,45+,46?/m1/s1. The second-order valence-electron chi connectivity index (χ2n) is 19.0. The van der Waals surface area contributed by atoms with E-state index in [9.17, 15) is 35.1 Å². The number of carbonyl (C=O) groups is 2. The highest BCUT2D eigenvalue weighted by molar-refractivity contribution is 5.89. The van der Waals surface area contributed by atoms with E-state index in [2.05, 4.69) is 6.92 Å². The molecular formula is C46H54O13. The number of fused-ring (bicyclic) bond motifs is 6. The van der Waals surface area contributed by atoms with Gasteiger partial charge >= 0.3 is 17.9 Å². The van der Waals surface area contributed by atoms with Gasteiger partial charge in [0.05, 0.1) is 23.4 Å². The summed E-state index contributed by atoms with van der Waals surface area (Å²) in [6.07, 6.45) is 0.608. The van der Waals surface area contributed by atoms with Gasteiger partial charge in [0.15, 0.2) is 0 Å². The zero-order chi connectivity index (χ0) is 41.5. The summed E-state index contributed by atoms with van der Waals surface area (Å²) in [5.41, 5.74) is -8.50. The van der Waals surface area contributed by atoms with Gasteiger partial charge in [-0.1, -0.05) is 81.5 Å². The molecule has 6 heterocycles. The zero-order valence-corrected chi connectivity index (χ0v) is 33.6. The van der Waals surface area contributed by atoms with Gasteiger partial charge in [-0.2, -0.15) is 0 Å². The number of hydrogen-bond acceptors (Lipinski definition) is 13. The molecule has 8 fully saturated rings. The fourth-order valence-corrected chi connectivity index (χ4v) is 13.3. The average Bonchev–Trinajstić information content (AvgIpc) is 3.79. The van der Waals surface area contributed by atoms with Crippen molar-refractivity contribution >= 4 is 11.9 Å². The number of aliphatic hydroxyl groups is 5. The van der Waals surface area contributed by atoms with Gasteiger partial charge in [0.1, 0.15) is 53.4 Å². The van der Waals surface area contributed by atoms with Crippen LogP contribution in [0.4, 0.5) is 0 Å². The van der Waals surface area contributed by atoms with Crippen LogP contribution in [0.1, 0.15) is 69.3 Å². The third-order valence-corrected chi connectivity index (χ3v) is 16.2. The monoisotopic (exact) mass is 814 g/mol. The van der Waals surface area contributed by atoms with Crippen LogP contribution in [0.25, 0.3) is 0 Å². The fourth-order valence-electron chi connectivity index (χ4n) is 13.3. The first-order valence-electron chi connectivity index (χ1n) is 21.2. The number of rotatable bonds is 4. The number of carbonyl (C=O) groups excluding carboxylic acids is 2.